The molecule has 1 nitrogen and oxygen atoms in total. The fourth-order valence-electron chi connectivity index (χ4n) is 1.27. The van der Waals surface area contributed by atoms with Gasteiger partial charge < -0.3 is 4.90 Å². The van der Waals surface area contributed by atoms with Crippen LogP contribution in [0.15, 0.2) is 22.7 Å². The molecule has 0 aliphatic heterocycles. The van der Waals surface area contributed by atoms with Crippen LogP contribution >= 0.6 is 27.5 Å². The number of anilines is 1. The third kappa shape index (κ3) is 2.61. The minimum atomic E-state index is 0.760. The molecule has 72 valence electrons. The van der Waals surface area contributed by atoms with Crippen molar-refractivity contribution in [2.45, 2.75) is 13.8 Å². The van der Waals surface area contributed by atoms with Crippen molar-refractivity contribution in [3.8, 4) is 0 Å². The Labute approximate surface area is 92.8 Å². The molecule has 0 unspecified atom stereocenters. The topological polar surface area (TPSA) is 3.24 Å². The van der Waals surface area contributed by atoms with Gasteiger partial charge in [0.2, 0.25) is 0 Å². The quantitative estimate of drug-likeness (QED) is 0.797. The molecular formula is C10H13BrClN. The van der Waals surface area contributed by atoms with E-state index in [1.165, 1.54) is 5.69 Å². The van der Waals surface area contributed by atoms with Gasteiger partial charge in [-0.3, -0.25) is 0 Å². The fraction of sp³-hybridized carbons (Fsp3) is 0.400. The number of rotatable bonds is 3. The van der Waals surface area contributed by atoms with Gasteiger partial charge in [0.05, 0.1) is 5.02 Å². The highest BCUT2D eigenvalue weighted by molar-refractivity contribution is 9.10. The van der Waals surface area contributed by atoms with Crippen molar-refractivity contribution in [3.05, 3.63) is 27.7 Å². The van der Waals surface area contributed by atoms with Crippen LogP contribution in [0.5, 0.6) is 0 Å². The summed E-state index contributed by atoms with van der Waals surface area (Å²) in [5, 5.41) is 0.760. The van der Waals surface area contributed by atoms with E-state index in [2.05, 4.69) is 40.7 Å². The zero-order chi connectivity index (χ0) is 9.84. The predicted molar refractivity (Wildman–Crippen MR) is 62.7 cm³/mol. The number of nitrogens with zero attached hydrogens (tertiary/aromatic N) is 1. The second-order valence-corrected chi connectivity index (χ2v) is 4.03. The molecule has 0 heterocycles. The molecule has 0 saturated heterocycles. The molecule has 3 heteroatoms. The lowest BCUT2D eigenvalue weighted by Gasteiger charge is -2.21. The fourth-order valence-corrected chi connectivity index (χ4v) is 1.75. The Bertz CT molecular complexity index is 284. The average Bonchev–Trinajstić information content (AvgIpc) is 2.13. The zero-order valence-corrected chi connectivity index (χ0v) is 10.2. The predicted octanol–water partition coefficient (Wildman–Crippen LogP) is 3.95. The van der Waals surface area contributed by atoms with Crippen molar-refractivity contribution in [1.29, 1.82) is 0 Å². The second-order valence-electron chi connectivity index (χ2n) is 2.77. The van der Waals surface area contributed by atoms with Gasteiger partial charge in [-0.15, -0.1) is 0 Å². The maximum absolute atomic E-state index is 5.91. The van der Waals surface area contributed by atoms with Crippen LogP contribution in [0.2, 0.25) is 5.02 Å². The molecule has 1 aromatic rings. The van der Waals surface area contributed by atoms with Crippen LogP contribution in [0, 0.1) is 0 Å². The summed E-state index contributed by atoms with van der Waals surface area (Å²) in [5.74, 6) is 0. The Morgan fingerprint density at radius 2 is 1.92 bits per heavy atom. The molecule has 0 radical (unpaired) electrons. The Hall–Kier alpha value is -0.210. The molecule has 0 aliphatic carbocycles. The molecule has 0 aromatic heterocycles. The first-order chi connectivity index (χ1) is 6.19. The first-order valence-electron chi connectivity index (χ1n) is 4.39. The van der Waals surface area contributed by atoms with Gasteiger partial charge in [-0.05, 0) is 48.0 Å². The minimum absolute atomic E-state index is 0.760. The van der Waals surface area contributed by atoms with Crippen molar-refractivity contribution in [2.24, 2.45) is 0 Å². The van der Waals surface area contributed by atoms with Gasteiger partial charge >= 0.3 is 0 Å². The Kier molecular flexibility index (Phi) is 4.07. The lowest BCUT2D eigenvalue weighted by molar-refractivity contribution is 0.866. The van der Waals surface area contributed by atoms with Crippen LogP contribution in [0.1, 0.15) is 13.8 Å². The maximum Gasteiger partial charge on any atom is 0.0549 e. The third-order valence-electron chi connectivity index (χ3n) is 2.03. The lowest BCUT2D eigenvalue weighted by atomic mass is 10.3. The zero-order valence-electron chi connectivity index (χ0n) is 7.85. The summed E-state index contributed by atoms with van der Waals surface area (Å²) in [7, 11) is 0. The highest BCUT2D eigenvalue weighted by atomic mass is 79.9. The van der Waals surface area contributed by atoms with Gasteiger partial charge in [0.15, 0.2) is 0 Å². The summed E-state index contributed by atoms with van der Waals surface area (Å²) < 4.78 is 0.957. The average molecular weight is 263 g/mol. The van der Waals surface area contributed by atoms with Crippen molar-refractivity contribution in [1.82, 2.24) is 0 Å². The van der Waals surface area contributed by atoms with Gasteiger partial charge in [-0.25, -0.2) is 0 Å². The Morgan fingerprint density at radius 1 is 1.31 bits per heavy atom. The van der Waals surface area contributed by atoms with Crippen molar-refractivity contribution < 1.29 is 0 Å². The molecule has 0 atom stereocenters. The van der Waals surface area contributed by atoms with Gasteiger partial charge in [0.25, 0.3) is 0 Å². The Balaban J connectivity index is 2.95. The van der Waals surface area contributed by atoms with Crippen molar-refractivity contribution in [3.63, 3.8) is 0 Å². The van der Waals surface area contributed by atoms with E-state index >= 15 is 0 Å². The maximum atomic E-state index is 5.91. The number of hydrogen-bond acceptors (Lipinski definition) is 1. The first kappa shape index (κ1) is 10.9. The van der Waals surface area contributed by atoms with Crippen molar-refractivity contribution in [2.75, 3.05) is 18.0 Å². The first-order valence-corrected chi connectivity index (χ1v) is 5.56. The molecule has 0 bridgehead atoms. The van der Waals surface area contributed by atoms with Crippen LogP contribution in [0.25, 0.3) is 0 Å². The minimum Gasteiger partial charge on any atom is -0.372 e. The standard InChI is InChI=1S/C10H13BrClN/c1-3-13(4-2)8-5-6-10(12)9(11)7-8/h5-7H,3-4H2,1-2H3. The van der Waals surface area contributed by atoms with E-state index in [4.69, 9.17) is 11.6 Å². The number of benzene rings is 1. The SMILES string of the molecule is CCN(CC)c1ccc(Cl)c(Br)c1. The summed E-state index contributed by atoms with van der Waals surface area (Å²) in [6.07, 6.45) is 0. The largest absolute Gasteiger partial charge is 0.372 e. The normalized spacial score (nSPS) is 10.2. The second kappa shape index (κ2) is 4.87. The summed E-state index contributed by atoms with van der Waals surface area (Å²) in [6, 6.07) is 6.01. The van der Waals surface area contributed by atoms with E-state index in [1.54, 1.807) is 0 Å². The van der Waals surface area contributed by atoms with E-state index in [0.29, 0.717) is 0 Å². The highest BCUT2D eigenvalue weighted by Gasteiger charge is 2.03. The monoisotopic (exact) mass is 261 g/mol. The van der Waals surface area contributed by atoms with E-state index in [0.717, 1.165) is 22.6 Å². The molecule has 1 rings (SSSR count). The third-order valence-corrected chi connectivity index (χ3v) is 3.25. The van der Waals surface area contributed by atoms with Crippen LogP contribution < -0.4 is 4.90 Å². The molecule has 0 saturated carbocycles. The summed E-state index contributed by atoms with van der Waals surface area (Å²) in [5.41, 5.74) is 1.21. The number of halogens is 2. The van der Waals surface area contributed by atoms with Gasteiger partial charge in [-0.1, -0.05) is 11.6 Å². The Morgan fingerprint density at radius 3 is 2.38 bits per heavy atom. The van der Waals surface area contributed by atoms with Crippen LogP contribution in [0.4, 0.5) is 5.69 Å². The summed E-state index contributed by atoms with van der Waals surface area (Å²) >= 11 is 9.32. The van der Waals surface area contributed by atoms with E-state index in [-0.39, 0.29) is 0 Å². The smallest absolute Gasteiger partial charge is 0.0549 e. The van der Waals surface area contributed by atoms with E-state index in [1.807, 2.05) is 12.1 Å². The van der Waals surface area contributed by atoms with Crippen LogP contribution in [-0.4, -0.2) is 13.1 Å². The lowest BCUT2D eigenvalue weighted by Crippen LogP contribution is -2.21. The van der Waals surface area contributed by atoms with Crippen molar-refractivity contribution >= 4 is 33.2 Å². The van der Waals surface area contributed by atoms with Gasteiger partial charge in [-0.2, -0.15) is 0 Å². The molecule has 0 amide bonds. The van der Waals surface area contributed by atoms with E-state index in [9.17, 15) is 0 Å². The molecule has 0 N–H and O–H groups in total. The molecule has 13 heavy (non-hydrogen) atoms. The highest BCUT2D eigenvalue weighted by Crippen LogP contribution is 2.27. The molecule has 0 fully saturated rings. The summed E-state index contributed by atoms with van der Waals surface area (Å²) in [4.78, 5) is 2.28. The molecule has 0 spiro atoms. The molecule has 1 aromatic carbocycles. The van der Waals surface area contributed by atoms with E-state index < -0.39 is 0 Å². The summed E-state index contributed by atoms with van der Waals surface area (Å²) in [6.45, 7) is 6.33. The van der Waals surface area contributed by atoms with Crippen LogP contribution in [-0.2, 0) is 0 Å². The van der Waals surface area contributed by atoms with Gasteiger partial charge in [0.1, 0.15) is 0 Å². The van der Waals surface area contributed by atoms with Gasteiger partial charge in [0, 0.05) is 23.2 Å². The molecule has 0 aliphatic rings. The number of hydrogen-bond donors (Lipinski definition) is 0. The van der Waals surface area contributed by atoms with Crippen LogP contribution in [0.3, 0.4) is 0 Å². The molecular weight excluding hydrogens is 249 g/mol.